The molecular formula is C6H6N4OS. The number of thiol groups is 1. The Morgan fingerprint density at radius 1 is 1.50 bits per heavy atom. The van der Waals surface area contributed by atoms with Crippen LogP contribution in [0.2, 0.25) is 0 Å². The molecule has 2 heterocycles. The molecule has 1 N–H and O–H groups in total. The highest BCUT2D eigenvalue weighted by Crippen LogP contribution is 2.12. The fourth-order valence-electron chi connectivity index (χ4n) is 0.957. The zero-order chi connectivity index (χ0) is 8.72. The standard InChI is InChI=1S/C6H6N4OS/c1-3-2-4(11)10-5(7-3)8-6(12)9-10/h2,11H,1H3,(H,9,12). The Kier molecular flexibility index (Phi) is 1.44. The molecule has 2 aromatic rings. The van der Waals surface area contributed by atoms with Crippen LogP contribution in [0.3, 0.4) is 0 Å². The van der Waals surface area contributed by atoms with Crippen molar-refractivity contribution in [3.05, 3.63) is 11.8 Å². The van der Waals surface area contributed by atoms with E-state index in [0.29, 0.717) is 16.6 Å². The fraction of sp³-hybridized carbons (Fsp3) is 0.167. The number of aromatic hydroxyl groups is 1. The lowest BCUT2D eigenvalue weighted by Gasteiger charge is -1.95. The molecule has 0 spiro atoms. The van der Waals surface area contributed by atoms with Gasteiger partial charge in [-0.1, -0.05) is 0 Å². The molecule has 0 amide bonds. The lowest BCUT2D eigenvalue weighted by Crippen LogP contribution is -1.93. The van der Waals surface area contributed by atoms with Crippen LogP contribution in [0.1, 0.15) is 5.69 Å². The van der Waals surface area contributed by atoms with Crippen molar-refractivity contribution >= 4 is 18.4 Å². The predicted octanol–water partition coefficient (Wildman–Crippen LogP) is 0.427. The molecular weight excluding hydrogens is 176 g/mol. The van der Waals surface area contributed by atoms with E-state index >= 15 is 0 Å². The highest BCUT2D eigenvalue weighted by atomic mass is 32.1. The molecule has 5 nitrogen and oxygen atoms in total. The van der Waals surface area contributed by atoms with Crippen molar-refractivity contribution in [2.24, 2.45) is 0 Å². The van der Waals surface area contributed by atoms with Crippen LogP contribution in [0.25, 0.3) is 5.78 Å². The zero-order valence-electron chi connectivity index (χ0n) is 6.26. The Morgan fingerprint density at radius 2 is 2.25 bits per heavy atom. The molecule has 0 aliphatic carbocycles. The van der Waals surface area contributed by atoms with Gasteiger partial charge < -0.3 is 5.11 Å². The summed E-state index contributed by atoms with van der Waals surface area (Å²) in [6.07, 6.45) is 0. The minimum Gasteiger partial charge on any atom is -0.493 e. The van der Waals surface area contributed by atoms with Gasteiger partial charge in [0.2, 0.25) is 11.0 Å². The molecule has 0 aromatic carbocycles. The second-order valence-corrected chi connectivity index (χ2v) is 2.78. The topological polar surface area (TPSA) is 63.3 Å². The molecule has 12 heavy (non-hydrogen) atoms. The van der Waals surface area contributed by atoms with Crippen LogP contribution in [0.15, 0.2) is 11.2 Å². The summed E-state index contributed by atoms with van der Waals surface area (Å²) in [6.45, 7) is 1.77. The fourth-order valence-corrected chi connectivity index (χ4v) is 1.14. The predicted molar refractivity (Wildman–Crippen MR) is 44.4 cm³/mol. The van der Waals surface area contributed by atoms with Crippen molar-refractivity contribution in [3.8, 4) is 5.88 Å². The first kappa shape index (κ1) is 7.35. The van der Waals surface area contributed by atoms with Gasteiger partial charge in [-0.05, 0) is 6.92 Å². The molecule has 0 saturated heterocycles. The Morgan fingerprint density at radius 3 is 3.00 bits per heavy atom. The van der Waals surface area contributed by atoms with E-state index < -0.39 is 0 Å². The molecule has 0 aliphatic heterocycles. The second-order valence-electron chi connectivity index (χ2n) is 2.38. The largest absolute Gasteiger partial charge is 0.493 e. The van der Waals surface area contributed by atoms with Gasteiger partial charge in [-0.2, -0.15) is 9.50 Å². The lowest BCUT2D eigenvalue weighted by atomic mass is 10.4. The molecule has 0 saturated carbocycles. The summed E-state index contributed by atoms with van der Waals surface area (Å²) in [6, 6.07) is 1.51. The van der Waals surface area contributed by atoms with Crippen LogP contribution in [0, 0.1) is 6.92 Å². The van der Waals surface area contributed by atoms with E-state index in [4.69, 9.17) is 0 Å². The van der Waals surface area contributed by atoms with Gasteiger partial charge in [0, 0.05) is 11.8 Å². The molecule has 2 aromatic heterocycles. The van der Waals surface area contributed by atoms with E-state index in [1.165, 1.54) is 10.6 Å². The maximum Gasteiger partial charge on any atom is 0.256 e. The van der Waals surface area contributed by atoms with Gasteiger partial charge in [0.15, 0.2) is 0 Å². The Balaban J connectivity index is 2.88. The van der Waals surface area contributed by atoms with Crippen LogP contribution < -0.4 is 0 Å². The van der Waals surface area contributed by atoms with Gasteiger partial charge in [-0.25, -0.2) is 4.98 Å². The van der Waals surface area contributed by atoms with Crippen molar-refractivity contribution in [3.63, 3.8) is 0 Å². The van der Waals surface area contributed by atoms with Crippen molar-refractivity contribution in [1.82, 2.24) is 19.6 Å². The summed E-state index contributed by atoms with van der Waals surface area (Å²) in [5.41, 5.74) is 0.695. The monoisotopic (exact) mass is 182 g/mol. The number of aromatic nitrogens is 4. The van der Waals surface area contributed by atoms with Crippen molar-refractivity contribution in [2.75, 3.05) is 0 Å². The molecule has 2 rings (SSSR count). The van der Waals surface area contributed by atoms with Gasteiger partial charge in [0.05, 0.1) is 0 Å². The molecule has 0 unspecified atom stereocenters. The molecule has 0 fully saturated rings. The zero-order valence-corrected chi connectivity index (χ0v) is 7.16. The number of hydrogen-bond acceptors (Lipinski definition) is 5. The van der Waals surface area contributed by atoms with E-state index in [0.717, 1.165) is 0 Å². The molecule has 0 atom stereocenters. The maximum atomic E-state index is 9.35. The van der Waals surface area contributed by atoms with E-state index in [1.807, 2.05) is 0 Å². The SMILES string of the molecule is Cc1cc(O)n2nc(S)nc2n1. The van der Waals surface area contributed by atoms with Crippen LogP contribution in [-0.4, -0.2) is 24.7 Å². The van der Waals surface area contributed by atoms with Crippen LogP contribution in [0.4, 0.5) is 0 Å². The van der Waals surface area contributed by atoms with Crippen molar-refractivity contribution in [2.45, 2.75) is 12.1 Å². The smallest absolute Gasteiger partial charge is 0.256 e. The van der Waals surface area contributed by atoms with Crippen molar-refractivity contribution in [1.29, 1.82) is 0 Å². The maximum absolute atomic E-state index is 9.35. The van der Waals surface area contributed by atoms with E-state index in [9.17, 15) is 5.11 Å². The van der Waals surface area contributed by atoms with Gasteiger partial charge in [-0.15, -0.1) is 17.7 Å². The molecule has 0 radical (unpaired) electrons. The first-order valence-electron chi connectivity index (χ1n) is 3.29. The van der Waals surface area contributed by atoms with Gasteiger partial charge in [0.25, 0.3) is 5.78 Å². The number of rotatable bonds is 0. The number of fused-ring (bicyclic) bond motifs is 1. The van der Waals surface area contributed by atoms with Crippen molar-refractivity contribution < 1.29 is 5.11 Å². The van der Waals surface area contributed by atoms with Crippen LogP contribution in [0.5, 0.6) is 5.88 Å². The summed E-state index contributed by atoms with van der Waals surface area (Å²) in [7, 11) is 0. The highest BCUT2D eigenvalue weighted by Gasteiger charge is 2.05. The third-order valence-corrected chi connectivity index (χ3v) is 1.60. The van der Waals surface area contributed by atoms with Gasteiger partial charge in [-0.3, -0.25) is 0 Å². The molecule has 62 valence electrons. The summed E-state index contributed by atoms with van der Waals surface area (Å²) >= 11 is 3.93. The Labute approximate surface area is 73.5 Å². The second kappa shape index (κ2) is 2.34. The third-order valence-electron chi connectivity index (χ3n) is 1.41. The summed E-state index contributed by atoms with van der Waals surface area (Å²) in [5, 5.41) is 13.5. The molecule has 0 bridgehead atoms. The average molecular weight is 182 g/mol. The summed E-state index contributed by atoms with van der Waals surface area (Å²) in [5.74, 6) is 0.378. The first-order chi connectivity index (χ1) is 5.66. The minimum atomic E-state index is 0.0188. The van der Waals surface area contributed by atoms with Crippen LogP contribution in [-0.2, 0) is 0 Å². The van der Waals surface area contributed by atoms with E-state index in [2.05, 4.69) is 27.7 Å². The summed E-state index contributed by atoms with van der Waals surface area (Å²) in [4.78, 5) is 7.92. The van der Waals surface area contributed by atoms with Crippen LogP contribution >= 0.6 is 12.6 Å². The minimum absolute atomic E-state index is 0.0188. The normalized spacial score (nSPS) is 10.8. The average Bonchev–Trinajstić information content (AvgIpc) is 2.29. The lowest BCUT2D eigenvalue weighted by molar-refractivity contribution is 0.433. The molecule has 6 heteroatoms. The summed E-state index contributed by atoms with van der Waals surface area (Å²) < 4.78 is 1.23. The van der Waals surface area contributed by atoms with Gasteiger partial charge >= 0.3 is 0 Å². The Hall–Kier alpha value is -1.30. The third kappa shape index (κ3) is 1.00. The first-order valence-corrected chi connectivity index (χ1v) is 3.74. The number of nitrogens with zero attached hydrogens (tertiary/aromatic N) is 4. The number of aryl methyl sites for hydroxylation is 1. The Bertz CT molecular complexity index is 438. The highest BCUT2D eigenvalue weighted by molar-refractivity contribution is 7.80. The number of hydrogen-bond donors (Lipinski definition) is 2. The van der Waals surface area contributed by atoms with Gasteiger partial charge in [0.1, 0.15) is 0 Å². The molecule has 0 aliphatic rings. The van der Waals surface area contributed by atoms with E-state index in [1.54, 1.807) is 6.92 Å². The quantitative estimate of drug-likeness (QED) is 0.580. The van der Waals surface area contributed by atoms with E-state index in [-0.39, 0.29) is 5.88 Å².